The van der Waals surface area contributed by atoms with E-state index in [2.05, 4.69) is 29.4 Å². The van der Waals surface area contributed by atoms with Crippen molar-refractivity contribution in [1.82, 2.24) is 4.98 Å². The van der Waals surface area contributed by atoms with Crippen molar-refractivity contribution in [3.63, 3.8) is 0 Å². The van der Waals surface area contributed by atoms with Gasteiger partial charge in [0.2, 0.25) is 0 Å². The highest BCUT2D eigenvalue weighted by molar-refractivity contribution is 7.09. The summed E-state index contributed by atoms with van der Waals surface area (Å²) in [5.74, 6) is 0. The fourth-order valence-electron chi connectivity index (χ4n) is 1.41. The molecule has 0 saturated carbocycles. The number of rotatable bonds is 5. The summed E-state index contributed by atoms with van der Waals surface area (Å²) in [5, 5.41) is 3.16. The van der Waals surface area contributed by atoms with Crippen molar-refractivity contribution in [1.29, 1.82) is 0 Å². The highest BCUT2D eigenvalue weighted by Crippen LogP contribution is 2.12. The molecule has 0 aliphatic rings. The zero-order valence-corrected chi connectivity index (χ0v) is 10.2. The largest absolute Gasteiger partial charge is 0.370 e. The molecule has 1 heterocycles. The molecule has 2 nitrogen and oxygen atoms in total. The Bertz CT molecular complexity index is 425. The molecule has 2 aromatic rings. The molecule has 0 unspecified atom stereocenters. The van der Waals surface area contributed by atoms with Crippen LogP contribution in [0, 0.1) is 0 Å². The van der Waals surface area contributed by atoms with Gasteiger partial charge in [-0.25, -0.2) is 4.98 Å². The number of benzene rings is 1. The fourth-order valence-corrected chi connectivity index (χ4v) is 2.22. The van der Waals surface area contributed by atoms with Crippen LogP contribution in [0.15, 0.2) is 35.7 Å². The molecule has 3 heteroatoms. The van der Waals surface area contributed by atoms with Crippen LogP contribution in [0.4, 0.5) is 0 Å². The second-order valence-corrected chi connectivity index (χ2v) is 4.51. The predicted molar refractivity (Wildman–Crippen MR) is 66.4 cm³/mol. The van der Waals surface area contributed by atoms with Crippen LogP contribution >= 0.6 is 11.3 Å². The molecular formula is C13H15NOS. The summed E-state index contributed by atoms with van der Waals surface area (Å²) in [6, 6.07) is 10.2. The summed E-state index contributed by atoms with van der Waals surface area (Å²) in [4.78, 5) is 4.45. The van der Waals surface area contributed by atoms with E-state index < -0.39 is 0 Å². The average Bonchev–Trinajstić information content (AvgIpc) is 2.78. The van der Waals surface area contributed by atoms with Gasteiger partial charge in [-0.05, 0) is 12.0 Å². The van der Waals surface area contributed by atoms with Gasteiger partial charge in [0.1, 0.15) is 5.01 Å². The van der Waals surface area contributed by atoms with Gasteiger partial charge in [0, 0.05) is 5.38 Å². The first-order valence-corrected chi connectivity index (χ1v) is 6.31. The maximum atomic E-state index is 5.61. The molecule has 0 bridgehead atoms. The Balaban J connectivity index is 1.80. The Hall–Kier alpha value is -1.19. The molecule has 0 fully saturated rings. The second-order valence-electron chi connectivity index (χ2n) is 3.56. The van der Waals surface area contributed by atoms with Crippen molar-refractivity contribution in [3.8, 4) is 0 Å². The minimum atomic E-state index is 0.611. The zero-order chi connectivity index (χ0) is 11.2. The van der Waals surface area contributed by atoms with Crippen LogP contribution in [0.1, 0.15) is 23.2 Å². The minimum Gasteiger partial charge on any atom is -0.370 e. The monoisotopic (exact) mass is 233 g/mol. The Kier molecular flexibility index (Phi) is 4.08. The molecule has 2 rings (SSSR count). The molecule has 0 aliphatic heterocycles. The highest BCUT2D eigenvalue weighted by Gasteiger charge is 2.00. The first kappa shape index (κ1) is 11.3. The third-order valence-corrected chi connectivity index (χ3v) is 3.17. The van der Waals surface area contributed by atoms with E-state index >= 15 is 0 Å². The van der Waals surface area contributed by atoms with Crippen LogP contribution in [0.25, 0.3) is 0 Å². The predicted octanol–water partition coefficient (Wildman–Crippen LogP) is 3.42. The van der Waals surface area contributed by atoms with Crippen LogP contribution in [-0.4, -0.2) is 4.98 Å². The van der Waals surface area contributed by atoms with Crippen molar-refractivity contribution >= 4 is 11.3 Å². The van der Waals surface area contributed by atoms with Gasteiger partial charge in [-0.3, -0.25) is 0 Å². The first-order chi connectivity index (χ1) is 7.88. The number of thiazole rings is 1. The van der Waals surface area contributed by atoms with Crippen molar-refractivity contribution in [2.24, 2.45) is 0 Å². The zero-order valence-electron chi connectivity index (χ0n) is 9.35. The Morgan fingerprint density at radius 3 is 2.69 bits per heavy atom. The summed E-state index contributed by atoms with van der Waals surface area (Å²) in [7, 11) is 0. The lowest BCUT2D eigenvalue weighted by atomic mass is 10.2. The lowest BCUT2D eigenvalue weighted by Crippen LogP contribution is -1.93. The lowest BCUT2D eigenvalue weighted by molar-refractivity contribution is 0.107. The van der Waals surface area contributed by atoms with Gasteiger partial charge in [0.25, 0.3) is 0 Å². The van der Waals surface area contributed by atoms with E-state index in [0.717, 1.165) is 17.1 Å². The van der Waals surface area contributed by atoms with E-state index in [-0.39, 0.29) is 0 Å². The quantitative estimate of drug-likeness (QED) is 0.789. The highest BCUT2D eigenvalue weighted by atomic mass is 32.1. The molecule has 84 valence electrons. The minimum absolute atomic E-state index is 0.611. The van der Waals surface area contributed by atoms with Gasteiger partial charge in [0.15, 0.2) is 0 Å². The Labute approximate surface area is 99.9 Å². The molecule has 0 atom stereocenters. The summed E-state index contributed by atoms with van der Waals surface area (Å²) in [6.45, 7) is 3.38. The number of hydrogen-bond acceptors (Lipinski definition) is 3. The maximum absolute atomic E-state index is 5.61. The van der Waals surface area contributed by atoms with E-state index in [0.29, 0.717) is 13.2 Å². The summed E-state index contributed by atoms with van der Waals surface area (Å²) >= 11 is 1.67. The molecule has 1 aromatic carbocycles. The topological polar surface area (TPSA) is 22.1 Å². The molecule has 0 N–H and O–H groups in total. The van der Waals surface area contributed by atoms with E-state index in [1.54, 1.807) is 11.3 Å². The number of aromatic nitrogens is 1. The molecule has 0 saturated heterocycles. The second kappa shape index (κ2) is 5.77. The molecule has 16 heavy (non-hydrogen) atoms. The Morgan fingerprint density at radius 1 is 1.19 bits per heavy atom. The van der Waals surface area contributed by atoms with Crippen LogP contribution < -0.4 is 0 Å². The van der Waals surface area contributed by atoms with Crippen molar-refractivity contribution in [2.75, 3.05) is 0 Å². The molecule has 0 radical (unpaired) electrons. The molecule has 1 aromatic heterocycles. The number of nitrogens with zero attached hydrogens (tertiary/aromatic N) is 1. The summed E-state index contributed by atoms with van der Waals surface area (Å²) in [5.41, 5.74) is 2.36. The van der Waals surface area contributed by atoms with Gasteiger partial charge < -0.3 is 4.74 Å². The van der Waals surface area contributed by atoms with Gasteiger partial charge in [-0.1, -0.05) is 37.3 Å². The van der Waals surface area contributed by atoms with Crippen molar-refractivity contribution < 1.29 is 4.74 Å². The molecule has 0 spiro atoms. The smallest absolute Gasteiger partial charge is 0.119 e. The average molecular weight is 233 g/mol. The van der Waals surface area contributed by atoms with Crippen molar-refractivity contribution in [3.05, 3.63) is 52.0 Å². The number of hydrogen-bond donors (Lipinski definition) is 0. The van der Waals surface area contributed by atoms with Gasteiger partial charge in [-0.2, -0.15) is 0 Å². The van der Waals surface area contributed by atoms with E-state index in [1.807, 2.05) is 18.2 Å². The molecule has 0 aliphatic carbocycles. The fraction of sp³-hybridized carbons (Fsp3) is 0.308. The first-order valence-electron chi connectivity index (χ1n) is 5.43. The number of aryl methyl sites for hydroxylation is 1. The van der Waals surface area contributed by atoms with Crippen LogP contribution in [0.5, 0.6) is 0 Å². The lowest BCUT2D eigenvalue weighted by Gasteiger charge is -2.01. The normalized spacial score (nSPS) is 10.6. The molecular weight excluding hydrogens is 218 g/mol. The number of ether oxygens (including phenoxy) is 1. The van der Waals surface area contributed by atoms with E-state index in [4.69, 9.17) is 4.74 Å². The standard InChI is InChI=1S/C13H15NOS/c1-2-12-10-16-13(14-12)9-15-8-11-6-4-3-5-7-11/h3-7,10H,2,8-9H2,1H3. The summed E-state index contributed by atoms with van der Waals surface area (Å²) in [6.07, 6.45) is 0.995. The third kappa shape index (κ3) is 3.15. The van der Waals surface area contributed by atoms with Crippen molar-refractivity contribution in [2.45, 2.75) is 26.6 Å². The maximum Gasteiger partial charge on any atom is 0.119 e. The van der Waals surface area contributed by atoms with Crippen LogP contribution in [0.3, 0.4) is 0 Å². The van der Waals surface area contributed by atoms with Crippen LogP contribution in [0.2, 0.25) is 0 Å². The summed E-state index contributed by atoms with van der Waals surface area (Å²) < 4.78 is 5.61. The van der Waals surface area contributed by atoms with Gasteiger partial charge in [0.05, 0.1) is 18.9 Å². The molecule has 0 amide bonds. The third-order valence-electron chi connectivity index (χ3n) is 2.30. The van der Waals surface area contributed by atoms with Gasteiger partial charge >= 0.3 is 0 Å². The van der Waals surface area contributed by atoms with E-state index in [1.165, 1.54) is 5.56 Å². The van der Waals surface area contributed by atoms with Gasteiger partial charge in [-0.15, -0.1) is 11.3 Å². The SMILES string of the molecule is CCc1csc(COCc2ccccc2)n1. The van der Waals surface area contributed by atoms with Crippen LogP contribution in [-0.2, 0) is 24.4 Å². The van der Waals surface area contributed by atoms with E-state index in [9.17, 15) is 0 Å². The Morgan fingerprint density at radius 2 is 2.00 bits per heavy atom.